The van der Waals surface area contributed by atoms with Crippen LogP contribution in [0.5, 0.6) is 0 Å². The van der Waals surface area contributed by atoms with E-state index in [2.05, 4.69) is 19.2 Å². The second-order valence-corrected chi connectivity index (χ2v) is 4.97. The van der Waals surface area contributed by atoms with Gasteiger partial charge >= 0.3 is 0 Å². The Morgan fingerprint density at radius 2 is 2.33 bits per heavy atom. The molecule has 1 fully saturated rings. The molecule has 1 heterocycles. The maximum atomic E-state index is 5.72. The lowest BCUT2D eigenvalue weighted by Crippen LogP contribution is -2.30. The molecule has 90 valence electrons. The Hall–Kier alpha value is -0.0800. The molecule has 0 aromatic heterocycles. The van der Waals surface area contributed by atoms with Crippen LogP contribution in [0.2, 0.25) is 0 Å². The standard InChI is InChI=1S/C13H27NO/c1-3-5-12(2)11-15-9-7-13-6-4-8-14-10-13/h12-14H,3-11H2,1-2H3. The molecule has 1 aliphatic rings. The van der Waals surface area contributed by atoms with Crippen molar-refractivity contribution in [2.75, 3.05) is 26.3 Å². The van der Waals surface area contributed by atoms with Crippen LogP contribution in [0.3, 0.4) is 0 Å². The van der Waals surface area contributed by atoms with Crippen LogP contribution in [0.25, 0.3) is 0 Å². The van der Waals surface area contributed by atoms with Gasteiger partial charge in [-0.15, -0.1) is 0 Å². The lowest BCUT2D eigenvalue weighted by molar-refractivity contribution is 0.0877. The van der Waals surface area contributed by atoms with Crippen molar-refractivity contribution >= 4 is 0 Å². The number of nitrogens with one attached hydrogen (secondary N) is 1. The first kappa shape index (κ1) is 13.0. The molecule has 2 heteroatoms. The molecule has 0 saturated carbocycles. The van der Waals surface area contributed by atoms with Crippen molar-refractivity contribution in [3.63, 3.8) is 0 Å². The average Bonchev–Trinajstić information content (AvgIpc) is 2.26. The molecule has 1 saturated heterocycles. The van der Waals surface area contributed by atoms with E-state index in [1.165, 1.54) is 45.2 Å². The minimum atomic E-state index is 0.736. The molecular weight excluding hydrogens is 186 g/mol. The van der Waals surface area contributed by atoms with E-state index in [4.69, 9.17) is 4.74 Å². The van der Waals surface area contributed by atoms with Gasteiger partial charge in [0.2, 0.25) is 0 Å². The summed E-state index contributed by atoms with van der Waals surface area (Å²) in [6.07, 6.45) is 6.55. The normalized spacial score (nSPS) is 24.0. The number of hydrogen-bond donors (Lipinski definition) is 1. The van der Waals surface area contributed by atoms with Gasteiger partial charge in [-0.3, -0.25) is 0 Å². The second kappa shape index (κ2) is 8.12. The van der Waals surface area contributed by atoms with Gasteiger partial charge in [0.05, 0.1) is 0 Å². The molecule has 0 radical (unpaired) electrons. The Kier molecular flexibility index (Phi) is 7.03. The van der Waals surface area contributed by atoms with Crippen molar-refractivity contribution in [3.8, 4) is 0 Å². The van der Waals surface area contributed by atoms with Crippen molar-refractivity contribution in [2.45, 2.75) is 46.0 Å². The fourth-order valence-electron chi connectivity index (χ4n) is 2.28. The summed E-state index contributed by atoms with van der Waals surface area (Å²) < 4.78 is 5.72. The van der Waals surface area contributed by atoms with Crippen LogP contribution in [-0.2, 0) is 4.74 Å². The maximum absolute atomic E-state index is 5.72. The maximum Gasteiger partial charge on any atom is 0.0491 e. The second-order valence-electron chi connectivity index (χ2n) is 4.97. The largest absolute Gasteiger partial charge is 0.381 e. The molecule has 15 heavy (non-hydrogen) atoms. The Bertz CT molecular complexity index is 143. The highest BCUT2D eigenvalue weighted by Crippen LogP contribution is 2.14. The Morgan fingerprint density at radius 3 is 3.00 bits per heavy atom. The van der Waals surface area contributed by atoms with Gasteiger partial charge in [-0.25, -0.2) is 0 Å². The Morgan fingerprint density at radius 1 is 1.47 bits per heavy atom. The van der Waals surface area contributed by atoms with E-state index in [9.17, 15) is 0 Å². The van der Waals surface area contributed by atoms with Crippen LogP contribution in [-0.4, -0.2) is 26.3 Å². The van der Waals surface area contributed by atoms with Crippen molar-refractivity contribution < 1.29 is 4.74 Å². The lowest BCUT2D eigenvalue weighted by atomic mass is 9.97. The average molecular weight is 213 g/mol. The third-order valence-corrected chi connectivity index (χ3v) is 3.25. The molecule has 0 aromatic carbocycles. The van der Waals surface area contributed by atoms with Gasteiger partial charge in [0.1, 0.15) is 0 Å². The molecule has 0 amide bonds. The van der Waals surface area contributed by atoms with Crippen LogP contribution in [0.15, 0.2) is 0 Å². The summed E-state index contributed by atoms with van der Waals surface area (Å²) in [5, 5.41) is 3.45. The highest BCUT2D eigenvalue weighted by molar-refractivity contribution is 4.68. The summed E-state index contributed by atoms with van der Waals surface area (Å²) in [6.45, 7) is 8.85. The predicted molar refractivity (Wildman–Crippen MR) is 65.1 cm³/mol. The van der Waals surface area contributed by atoms with E-state index in [0.29, 0.717) is 0 Å². The third kappa shape index (κ3) is 6.16. The third-order valence-electron chi connectivity index (χ3n) is 3.25. The molecule has 0 aromatic rings. The van der Waals surface area contributed by atoms with Crippen LogP contribution in [0, 0.1) is 11.8 Å². The highest BCUT2D eigenvalue weighted by Gasteiger charge is 2.12. The van der Waals surface area contributed by atoms with Crippen LogP contribution >= 0.6 is 0 Å². The molecule has 0 spiro atoms. The smallest absolute Gasteiger partial charge is 0.0491 e. The van der Waals surface area contributed by atoms with Gasteiger partial charge in [-0.05, 0) is 50.6 Å². The van der Waals surface area contributed by atoms with Crippen molar-refractivity contribution in [3.05, 3.63) is 0 Å². The van der Waals surface area contributed by atoms with Gasteiger partial charge in [-0.1, -0.05) is 20.3 Å². The lowest BCUT2D eigenvalue weighted by Gasteiger charge is -2.22. The van der Waals surface area contributed by atoms with E-state index in [1.54, 1.807) is 0 Å². The monoisotopic (exact) mass is 213 g/mol. The molecule has 1 rings (SSSR count). The first-order chi connectivity index (χ1) is 7.33. The van der Waals surface area contributed by atoms with Crippen molar-refractivity contribution in [1.29, 1.82) is 0 Å². The zero-order valence-corrected chi connectivity index (χ0v) is 10.4. The quantitative estimate of drug-likeness (QED) is 0.657. The first-order valence-corrected chi connectivity index (χ1v) is 6.61. The van der Waals surface area contributed by atoms with Gasteiger partial charge in [0.15, 0.2) is 0 Å². The number of rotatable bonds is 7. The van der Waals surface area contributed by atoms with Gasteiger partial charge in [0.25, 0.3) is 0 Å². The van der Waals surface area contributed by atoms with E-state index in [-0.39, 0.29) is 0 Å². The van der Waals surface area contributed by atoms with Gasteiger partial charge < -0.3 is 10.1 Å². The topological polar surface area (TPSA) is 21.3 Å². The Labute approximate surface area is 94.8 Å². The summed E-state index contributed by atoms with van der Waals surface area (Å²) in [7, 11) is 0. The van der Waals surface area contributed by atoms with E-state index in [0.717, 1.165) is 25.0 Å². The fraction of sp³-hybridized carbons (Fsp3) is 1.00. The summed E-state index contributed by atoms with van der Waals surface area (Å²) in [5.74, 6) is 1.60. The van der Waals surface area contributed by atoms with Gasteiger partial charge in [-0.2, -0.15) is 0 Å². The van der Waals surface area contributed by atoms with Gasteiger partial charge in [0, 0.05) is 13.2 Å². The highest BCUT2D eigenvalue weighted by atomic mass is 16.5. The molecule has 0 aliphatic carbocycles. The molecular formula is C13H27NO. The Balaban J connectivity index is 1.91. The zero-order valence-electron chi connectivity index (χ0n) is 10.4. The first-order valence-electron chi connectivity index (χ1n) is 6.61. The predicted octanol–water partition coefficient (Wildman–Crippen LogP) is 2.83. The molecule has 2 unspecified atom stereocenters. The number of ether oxygens (including phenoxy) is 1. The van der Waals surface area contributed by atoms with Crippen molar-refractivity contribution in [1.82, 2.24) is 5.32 Å². The minimum absolute atomic E-state index is 0.736. The van der Waals surface area contributed by atoms with Crippen LogP contribution < -0.4 is 5.32 Å². The van der Waals surface area contributed by atoms with E-state index in [1.807, 2.05) is 0 Å². The number of hydrogen-bond acceptors (Lipinski definition) is 2. The van der Waals surface area contributed by atoms with E-state index < -0.39 is 0 Å². The van der Waals surface area contributed by atoms with Crippen LogP contribution in [0.1, 0.15) is 46.0 Å². The summed E-state index contributed by atoms with van der Waals surface area (Å²) >= 11 is 0. The summed E-state index contributed by atoms with van der Waals surface area (Å²) in [6, 6.07) is 0. The fourth-order valence-corrected chi connectivity index (χ4v) is 2.28. The SMILES string of the molecule is CCCC(C)COCCC1CCCNC1. The summed E-state index contributed by atoms with van der Waals surface area (Å²) in [4.78, 5) is 0. The molecule has 1 aliphatic heterocycles. The van der Waals surface area contributed by atoms with E-state index >= 15 is 0 Å². The number of piperidine rings is 1. The van der Waals surface area contributed by atoms with Crippen LogP contribution in [0.4, 0.5) is 0 Å². The summed E-state index contributed by atoms with van der Waals surface area (Å²) in [5.41, 5.74) is 0. The molecule has 1 N–H and O–H groups in total. The minimum Gasteiger partial charge on any atom is -0.381 e. The molecule has 0 bridgehead atoms. The zero-order chi connectivity index (χ0) is 10.9. The molecule has 2 nitrogen and oxygen atoms in total. The van der Waals surface area contributed by atoms with Crippen molar-refractivity contribution in [2.24, 2.45) is 11.8 Å². The molecule has 2 atom stereocenters.